The summed E-state index contributed by atoms with van der Waals surface area (Å²) in [5, 5.41) is 9.27. The molecule has 0 unspecified atom stereocenters. The molecule has 0 amide bonds. The molecule has 0 saturated heterocycles. The van der Waals surface area contributed by atoms with Gasteiger partial charge in [-0.05, 0) is 37.0 Å². The first-order valence-corrected chi connectivity index (χ1v) is 7.81. The fraction of sp³-hybridized carbons (Fsp3) is 0.647. The highest BCUT2D eigenvalue weighted by atomic mass is 16.5. The predicted molar refractivity (Wildman–Crippen MR) is 82.2 cm³/mol. The molecule has 2 rings (SSSR count). The van der Waals surface area contributed by atoms with Gasteiger partial charge in [0.1, 0.15) is 5.75 Å². The van der Waals surface area contributed by atoms with Crippen molar-refractivity contribution in [3.8, 4) is 5.75 Å². The number of nitrogens with zero attached hydrogens (tertiary/aromatic N) is 1. The van der Waals surface area contributed by atoms with Crippen molar-refractivity contribution < 1.29 is 9.84 Å². The lowest BCUT2D eigenvalue weighted by Gasteiger charge is -2.34. The van der Waals surface area contributed by atoms with E-state index >= 15 is 0 Å². The van der Waals surface area contributed by atoms with Gasteiger partial charge in [-0.15, -0.1) is 0 Å². The van der Waals surface area contributed by atoms with E-state index in [0.717, 1.165) is 25.3 Å². The van der Waals surface area contributed by atoms with Crippen molar-refractivity contribution in [3.63, 3.8) is 0 Å². The molecule has 3 nitrogen and oxygen atoms in total. The van der Waals surface area contributed by atoms with Crippen LogP contribution >= 0.6 is 0 Å². The van der Waals surface area contributed by atoms with Crippen molar-refractivity contribution in [2.24, 2.45) is 0 Å². The van der Waals surface area contributed by atoms with Gasteiger partial charge in [0.05, 0.1) is 13.7 Å². The summed E-state index contributed by atoms with van der Waals surface area (Å²) in [4.78, 5) is 2.48. The standard InChI is InChI=1S/C17H27NO2/c1-20-17-9-7-15(8-10-17)11-12-18(13-14-19)16-5-3-2-4-6-16/h7-10,16,19H,2-6,11-14H2,1H3. The number of rotatable bonds is 7. The van der Waals surface area contributed by atoms with Crippen LogP contribution in [0.1, 0.15) is 37.7 Å². The van der Waals surface area contributed by atoms with Crippen LogP contribution in [0.3, 0.4) is 0 Å². The van der Waals surface area contributed by atoms with Gasteiger partial charge in [-0.1, -0.05) is 31.4 Å². The second kappa shape index (κ2) is 8.28. The maximum atomic E-state index is 9.27. The molecule has 0 heterocycles. The Balaban J connectivity index is 1.86. The van der Waals surface area contributed by atoms with E-state index in [0.29, 0.717) is 6.04 Å². The number of aliphatic hydroxyl groups excluding tert-OH is 1. The van der Waals surface area contributed by atoms with Gasteiger partial charge < -0.3 is 9.84 Å². The molecule has 1 aliphatic rings. The fourth-order valence-corrected chi connectivity index (χ4v) is 3.12. The fourth-order valence-electron chi connectivity index (χ4n) is 3.12. The first kappa shape index (κ1) is 15.3. The Morgan fingerprint density at radius 1 is 1.10 bits per heavy atom. The zero-order chi connectivity index (χ0) is 14.2. The minimum atomic E-state index is 0.263. The Labute approximate surface area is 122 Å². The summed E-state index contributed by atoms with van der Waals surface area (Å²) < 4.78 is 5.19. The SMILES string of the molecule is COc1ccc(CCN(CCO)C2CCCCC2)cc1. The quantitative estimate of drug-likeness (QED) is 0.832. The van der Waals surface area contributed by atoms with Crippen molar-refractivity contribution in [2.45, 2.75) is 44.6 Å². The van der Waals surface area contributed by atoms with Gasteiger partial charge in [0.25, 0.3) is 0 Å². The molecule has 1 N–H and O–H groups in total. The Kier molecular flexibility index (Phi) is 6.34. The van der Waals surface area contributed by atoms with Gasteiger partial charge in [0, 0.05) is 19.1 Å². The molecular formula is C17H27NO2. The van der Waals surface area contributed by atoms with Crippen LogP contribution in [-0.4, -0.2) is 42.9 Å². The molecule has 0 aromatic heterocycles. The van der Waals surface area contributed by atoms with Gasteiger partial charge in [0.15, 0.2) is 0 Å². The largest absolute Gasteiger partial charge is 0.497 e. The van der Waals surface area contributed by atoms with Crippen molar-refractivity contribution in [1.29, 1.82) is 0 Å². The normalized spacial score (nSPS) is 16.6. The Bertz CT molecular complexity index is 371. The molecule has 0 aliphatic heterocycles. The van der Waals surface area contributed by atoms with Crippen LogP contribution in [-0.2, 0) is 6.42 Å². The zero-order valence-corrected chi connectivity index (χ0v) is 12.6. The average molecular weight is 277 g/mol. The van der Waals surface area contributed by atoms with Gasteiger partial charge in [-0.3, -0.25) is 4.90 Å². The topological polar surface area (TPSA) is 32.7 Å². The molecule has 1 aromatic rings. The van der Waals surface area contributed by atoms with E-state index in [1.54, 1.807) is 7.11 Å². The molecule has 0 radical (unpaired) electrons. The third-order valence-corrected chi connectivity index (χ3v) is 4.33. The molecule has 1 aliphatic carbocycles. The highest BCUT2D eigenvalue weighted by Gasteiger charge is 2.20. The van der Waals surface area contributed by atoms with Crippen LogP contribution in [0.5, 0.6) is 5.75 Å². The molecule has 20 heavy (non-hydrogen) atoms. The molecule has 1 fully saturated rings. The van der Waals surface area contributed by atoms with Gasteiger partial charge in [0.2, 0.25) is 0 Å². The van der Waals surface area contributed by atoms with Gasteiger partial charge in [-0.2, -0.15) is 0 Å². The summed E-state index contributed by atoms with van der Waals surface area (Å²) in [6, 6.07) is 8.99. The van der Waals surface area contributed by atoms with Gasteiger partial charge in [-0.25, -0.2) is 0 Å². The predicted octanol–water partition coefficient (Wildman–Crippen LogP) is 2.86. The van der Waals surface area contributed by atoms with Crippen molar-refractivity contribution in [3.05, 3.63) is 29.8 Å². The molecular weight excluding hydrogens is 250 g/mol. The smallest absolute Gasteiger partial charge is 0.118 e. The second-order valence-corrected chi connectivity index (χ2v) is 5.65. The maximum absolute atomic E-state index is 9.27. The summed E-state index contributed by atoms with van der Waals surface area (Å²) in [5.41, 5.74) is 1.34. The molecule has 1 saturated carbocycles. The lowest BCUT2D eigenvalue weighted by molar-refractivity contribution is 0.125. The molecule has 3 heteroatoms. The maximum Gasteiger partial charge on any atom is 0.118 e. The van der Waals surface area contributed by atoms with Crippen LogP contribution in [0.2, 0.25) is 0 Å². The highest BCUT2D eigenvalue weighted by Crippen LogP contribution is 2.22. The van der Waals surface area contributed by atoms with Crippen LogP contribution < -0.4 is 4.74 Å². The van der Waals surface area contributed by atoms with E-state index in [4.69, 9.17) is 4.74 Å². The first-order valence-electron chi connectivity index (χ1n) is 7.81. The van der Waals surface area contributed by atoms with Gasteiger partial charge >= 0.3 is 0 Å². The zero-order valence-electron chi connectivity index (χ0n) is 12.6. The number of benzene rings is 1. The van der Waals surface area contributed by atoms with Crippen LogP contribution in [0.15, 0.2) is 24.3 Å². The lowest BCUT2D eigenvalue weighted by atomic mass is 9.94. The van der Waals surface area contributed by atoms with E-state index in [2.05, 4.69) is 17.0 Å². The van der Waals surface area contributed by atoms with Crippen molar-refractivity contribution >= 4 is 0 Å². The summed E-state index contributed by atoms with van der Waals surface area (Å²) >= 11 is 0. The molecule has 0 atom stereocenters. The van der Waals surface area contributed by atoms with Crippen molar-refractivity contribution in [1.82, 2.24) is 4.90 Å². The van der Waals surface area contributed by atoms with E-state index < -0.39 is 0 Å². The number of ether oxygens (including phenoxy) is 1. The van der Waals surface area contributed by atoms with Crippen LogP contribution in [0.25, 0.3) is 0 Å². The highest BCUT2D eigenvalue weighted by molar-refractivity contribution is 5.27. The number of hydrogen-bond acceptors (Lipinski definition) is 3. The monoisotopic (exact) mass is 277 g/mol. The second-order valence-electron chi connectivity index (χ2n) is 5.65. The van der Waals surface area contributed by atoms with Crippen LogP contribution in [0.4, 0.5) is 0 Å². The number of methoxy groups -OCH3 is 1. The van der Waals surface area contributed by atoms with E-state index in [1.165, 1.54) is 37.7 Å². The molecule has 0 spiro atoms. The summed E-state index contributed by atoms with van der Waals surface area (Å²) in [5.74, 6) is 0.910. The average Bonchev–Trinajstić information content (AvgIpc) is 2.53. The summed E-state index contributed by atoms with van der Waals surface area (Å²) in [6.07, 6.45) is 7.69. The summed E-state index contributed by atoms with van der Waals surface area (Å²) in [7, 11) is 1.70. The molecule has 0 bridgehead atoms. The number of aliphatic hydroxyl groups is 1. The van der Waals surface area contributed by atoms with E-state index in [1.807, 2.05) is 12.1 Å². The van der Waals surface area contributed by atoms with Crippen molar-refractivity contribution in [2.75, 3.05) is 26.8 Å². The minimum absolute atomic E-state index is 0.263. The Hall–Kier alpha value is -1.06. The third-order valence-electron chi connectivity index (χ3n) is 4.33. The Morgan fingerprint density at radius 2 is 1.80 bits per heavy atom. The Morgan fingerprint density at radius 3 is 2.40 bits per heavy atom. The lowest BCUT2D eigenvalue weighted by Crippen LogP contribution is -2.40. The molecule has 112 valence electrons. The van der Waals surface area contributed by atoms with Crippen LogP contribution in [0, 0.1) is 0 Å². The van der Waals surface area contributed by atoms with E-state index in [-0.39, 0.29) is 6.61 Å². The minimum Gasteiger partial charge on any atom is -0.497 e. The first-order chi connectivity index (χ1) is 9.83. The number of hydrogen-bond donors (Lipinski definition) is 1. The third kappa shape index (κ3) is 4.50. The summed E-state index contributed by atoms with van der Waals surface area (Å²) in [6.45, 7) is 2.11. The van der Waals surface area contributed by atoms with E-state index in [9.17, 15) is 5.11 Å². The molecule has 1 aromatic carbocycles.